The Hall–Kier alpha value is -2.49. The van der Waals surface area contributed by atoms with E-state index in [1.54, 1.807) is 17.0 Å². The van der Waals surface area contributed by atoms with Crippen molar-refractivity contribution in [1.29, 1.82) is 0 Å². The van der Waals surface area contributed by atoms with Gasteiger partial charge in [0.05, 0.1) is 5.56 Å². The molecule has 0 aromatic heterocycles. The lowest BCUT2D eigenvalue weighted by Gasteiger charge is -2.38. The van der Waals surface area contributed by atoms with Crippen LogP contribution >= 0.6 is 23.2 Å². The van der Waals surface area contributed by atoms with Gasteiger partial charge in [0.2, 0.25) is 0 Å². The molecule has 0 saturated carbocycles. The van der Waals surface area contributed by atoms with E-state index in [-0.39, 0.29) is 5.91 Å². The van der Waals surface area contributed by atoms with E-state index in [1.807, 2.05) is 42.5 Å². The van der Waals surface area contributed by atoms with Crippen LogP contribution in [0.2, 0.25) is 10.0 Å². The third-order valence-corrected chi connectivity index (χ3v) is 5.50. The Morgan fingerprint density at radius 1 is 1.00 bits per heavy atom. The molecular weight excluding hydrogens is 391 g/mol. The summed E-state index contributed by atoms with van der Waals surface area (Å²) in [5.74, 6) is -0.0615. The number of anilines is 2. The van der Waals surface area contributed by atoms with Crippen molar-refractivity contribution in [3.8, 4) is 0 Å². The van der Waals surface area contributed by atoms with E-state index >= 15 is 0 Å². The van der Waals surface area contributed by atoms with E-state index < -0.39 is 6.17 Å². The molecule has 3 aromatic carbocycles. The van der Waals surface area contributed by atoms with Crippen LogP contribution in [0.3, 0.4) is 0 Å². The first-order valence-corrected chi connectivity index (χ1v) is 10.1. The van der Waals surface area contributed by atoms with Crippen molar-refractivity contribution in [2.45, 2.75) is 25.9 Å². The average molecular weight is 411 g/mol. The Kier molecular flexibility index (Phi) is 5.29. The maximum absolute atomic E-state index is 13.4. The number of amides is 1. The second kappa shape index (κ2) is 7.86. The van der Waals surface area contributed by atoms with Crippen LogP contribution in [0.25, 0.3) is 0 Å². The molecule has 28 heavy (non-hydrogen) atoms. The molecule has 5 heteroatoms. The first-order valence-electron chi connectivity index (χ1n) is 9.31. The zero-order valence-corrected chi connectivity index (χ0v) is 17.0. The van der Waals surface area contributed by atoms with Crippen LogP contribution in [0.4, 0.5) is 11.4 Å². The summed E-state index contributed by atoms with van der Waals surface area (Å²) in [5.41, 5.74) is 4.31. The molecule has 1 atom stereocenters. The van der Waals surface area contributed by atoms with Gasteiger partial charge in [-0.15, -0.1) is 0 Å². The number of hydrogen-bond donors (Lipinski definition) is 1. The van der Waals surface area contributed by atoms with Gasteiger partial charge in [-0.25, -0.2) is 0 Å². The van der Waals surface area contributed by atoms with Gasteiger partial charge in [-0.05, 0) is 48.4 Å². The standard InChI is InChI=1S/C23H20Cl2N2O/c1-2-5-15-8-11-17(12-9-15)27-22(18-13-10-16(24)14-20(18)25)26-21-7-4-3-6-19(21)23(27)28/h3-4,6-14,22,26H,2,5H2,1H3. The number of carbonyl (C=O) groups is 1. The number of rotatable bonds is 4. The lowest BCUT2D eigenvalue weighted by Crippen LogP contribution is -2.43. The third-order valence-electron chi connectivity index (χ3n) is 4.94. The Bertz CT molecular complexity index is 1020. The number of halogens is 2. The molecular formula is C23H20Cl2N2O. The number of aryl methyl sites for hydroxylation is 1. The minimum absolute atomic E-state index is 0.0615. The van der Waals surface area contributed by atoms with Gasteiger partial charge in [-0.3, -0.25) is 9.69 Å². The van der Waals surface area contributed by atoms with E-state index in [9.17, 15) is 4.79 Å². The highest BCUT2D eigenvalue weighted by Gasteiger charge is 2.34. The molecule has 0 saturated heterocycles. The van der Waals surface area contributed by atoms with Crippen LogP contribution in [0, 0.1) is 0 Å². The molecule has 0 spiro atoms. The summed E-state index contributed by atoms with van der Waals surface area (Å²) in [7, 11) is 0. The second-order valence-corrected chi connectivity index (χ2v) is 7.69. The van der Waals surface area contributed by atoms with Gasteiger partial charge in [-0.1, -0.05) is 66.9 Å². The normalized spacial score (nSPS) is 15.9. The number of benzene rings is 3. The van der Waals surface area contributed by atoms with Gasteiger partial charge in [0.1, 0.15) is 6.17 Å². The zero-order chi connectivity index (χ0) is 19.7. The maximum Gasteiger partial charge on any atom is 0.262 e. The van der Waals surface area contributed by atoms with Gasteiger partial charge in [0.15, 0.2) is 0 Å². The molecule has 0 aliphatic carbocycles. The Balaban J connectivity index is 1.82. The summed E-state index contributed by atoms with van der Waals surface area (Å²) in [4.78, 5) is 15.2. The Morgan fingerprint density at radius 3 is 2.46 bits per heavy atom. The van der Waals surface area contributed by atoms with Crippen LogP contribution in [0.15, 0.2) is 66.7 Å². The van der Waals surface area contributed by atoms with Crippen molar-refractivity contribution in [2.75, 3.05) is 10.2 Å². The molecule has 1 heterocycles. The number of carbonyl (C=O) groups excluding carboxylic acids is 1. The monoisotopic (exact) mass is 410 g/mol. The SMILES string of the molecule is CCCc1ccc(N2C(=O)c3ccccc3NC2c2ccc(Cl)cc2Cl)cc1. The molecule has 0 radical (unpaired) electrons. The van der Waals surface area contributed by atoms with Gasteiger partial charge in [-0.2, -0.15) is 0 Å². The van der Waals surface area contributed by atoms with Crippen LogP contribution in [-0.2, 0) is 6.42 Å². The predicted molar refractivity (Wildman–Crippen MR) is 117 cm³/mol. The van der Waals surface area contributed by atoms with E-state index in [0.29, 0.717) is 15.6 Å². The minimum Gasteiger partial charge on any atom is -0.360 e. The Morgan fingerprint density at radius 2 is 1.75 bits per heavy atom. The van der Waals surface area contributed by atoms with Gasteiger partial charge < -0.3 is 5.32 Å². The highest BCUT2D eigenvalue weighted by Crippen LogP contribution is 2.39. The van der Waals surface area contributed by atoms with Gasteiger partial charge in [0.25, 0.3) is 5.91 Å². The fourth-order valence-electron chi connectivity index (χ4n) is 3.57. The number of hydrogen-bond acceptors (Lipinski definition) is 2. The van der Waals surface area contributed by atoms with Crippen LogP contribution in [0.1, 0.15) is 41.0 Å². The van der Waals surface area contributed by atoms with Crippen molar-refractivity contribution in [2.24, 2.45) is 0 Å². The highest BCUT2D eigenvalue weighted by atomic mass is 35.5. The molecule has 1 amide bonds. The molecule has 1 aliphatic rings. The topological polar surface area (TPSA) is 32.3 Å². The lowest BCUT2D eigenvalue weighted by atomic mass is 10.0. The number of fused-ring (bicyclic) bond motifs is 1. The fraction of sp³-hybridized carbons (Fsp3) is 0.174. The minimum atomic E-state index is -0.427. The largest absolute Gasteiger partial charge is 0.360 e. The van der Waals surface area contributed by atoms with Crippen LogP contribution in [-0.4, -0.2) is 5.91 Å². The van der Waals surface area contributed by atoms with E-state index in [4.69, 9.17) is 23.2 Å². The smallest absolute Gasteiger partial charge is 0.262 e. The first-order chi connectivity index (χ1) is 13.6. The van der Waals surface area contributed by atoms with Crippen LogP contribution in [0.5, 0.6) is 0 Å². The summed E-state index contributed by atoms with van der Waals surface area (Å²) < 4.78 is 0. The quantitative estimate of drug-likeness (QED) is 0.517. The predicted octanol–water partition coefficient (Wildman–Crippen LogP) is 6.72. The molecule has 4 rings (SSSR count). The summed E-state index contributed by atoms with van der Waals surface area (Å²) in [6, 6.07) is 21.0. The zero-order valence-electron chi connectivity index (χ0n) is 15.5. The molecule has 3 nitrogen and oxygen atoms in total. The fourth-order valence-corrected chi connectivity index (χ4v) is 4.08. The molecule has 1 aliphatic heterocycles. The molecule has 0 bridgehead atoms. The Labute approximate surface area is 174 Å². The number of nitrogens with one attached hydrogen (secondary N) is 1. The van der Waals surface area contributed by atoms with Gasteiger partial charge in [0, 0.05) is 27.0 Å². The summed E-state index contributed by atoms with van der Waals surface area (Å²) in [5, 5.41) is 4.55. The number of para-hydroxylation sites is 1. The second-order valence-electron chi connectivity index (χ2n) is 6.85. The van der Waals surface area contributed by atoms with Crippen molar-refractivity contribution < 1.29 is 4.79 Å². The van der Waals surface area contributed by atoms with E-state index in [1.165, 1.54) is 5.56 Å². The summed E-state index contributed by atoms with van der Waals surface area (Å²) in [6.07, 6.45) is 1.67. The number of nitrogens with zero attached hydrogens (tertiary/aromatic N) is 1. The maximum atomic E-state index is 13.4. The van der Waals surface area contributed by atoms with Crippen molar-refractivity contribution in [3.05, 3.63) is 93.5 Å². The van der Waals surface area contributed by atoms with Crippen molar-refractivity contribution in [1.82, 2.24) is 0 Å². The highest BCUT2D eigenvalue weighted by molar-refractivity contribution is 6.35. The van der Waals surface area contributed by atoms with E-state index in [2.05, 4.69) is 24.4 Å². The molecule has 1 N–H and O–H groups in total. The van der Waals surface area contributed by atoms with E-state index in [0.717, 1.165) is 29.8 Å². The average Bonchev–Trinajstić information content (AvgIpc) is 2.69. The molecule has 142 valence electrons. The first kappa shape index (κ1) is 18.9. The third kappa shape index (κ3) is 3.48. The summed E-state index contributed by atoms with van der Waals surface area (Å²) >= 11 is 12.6. The molecule has 0 fully saturated rings. The van der Waals surface area contributed by atoms with Crippen LogP contribution < -0.4 is 10.2 Å². The van der Waals surface area contributed by atoms with Crippen molar-refractivity contribution >= 4 is 40.5 Å². The molecule has 3 aromatic rings. The molecule has 1 unspecified atom stereocenters. The summed E-state index contributed by atoms with van der Waals surface area (Å²) in [6.45, 7) is 2.15. The lowest BCUT2D eigenvalue weighted by molar-refractivity contribution is 0.0975. The van der Waals surface area contributed by atoms with Gasteiger partial charge >= 0.3 is 0 Å². The van der Waals surface area contributed by atoms with Crippen molar-refractivity contribution in [3.63, 3.8) is 0 Å².